The highest BCUT2D eigenvalue weighted by Gasteiger charge is 2.41. The Morgan fingerprint density at radius 1 is 0.417 bits per heavy atom. The van der Waals surface area contributed by atoms with Crippen LogP contribution in [-0.4, -0.2) is 34.7 Å². The Bertz CT molecular complexity index is 1260. The summed E-state index contributed by atoms with van der Waals surface area (Å²) >= 11 is 0. The summed E-state index contributed by atoms with van der Waals surface area (Å²) in [6.45, 7) is 17.1. The molecule has 0 amide bonds. The maximum atomic E-state index is 14.5. The van der Waals surface area contributed by atoms with Crippen LogP contribution >= 0.6 is 0 Å². The summed E-state index contributed by atoms with van der Waals surface area (Å²) in [7, 11) is 0. The molecule has 1 aromatic rings. The topological polar surface area (TPSA) is 102 Å². The van der Waals surface area contributed by atoms with E-state index in [0.29, 0.717) is 32.1 Å². The van der Waals surface area contributed by atoms with Gasteiger partial charge in [0, 0.05) is 70.9 Å². The Morgan fingerprint density at radius 3 is 1.08 bits per heavy atom. The molecule has 0 atom stereocenters. The molecule has 6 heteroatoms. The molecule has 270 valence electrons. The first-order valence-corrected chi connectivity index (χ1v) is 19.1. The van der Waals surface area contributed by atoms with Crippen molar-refractivity contribution in [3.63, 3.8) is 0 Å². The number of benzene rings is 1. The lowest BCUT2D eigenvalue weighted by Gasteiger charge is -2.27. The molecule has 1 rings (SSSR count). The molecule has 0 unspecified atom stereocenters. The highest BCUT2D eigenvalue weighted by molar-refractivity contribution is 6.29. The first-order valence-electron chi connectivity index (χ1n) is 19.1. The standard InChI is InChI=1S/C42H66O6/c1-10-14-18-20-23-27-31(44)35-36(32(45)26-22-19-15-11-2)38(33(46)25-21-16-12-3)40(41(48)42(7,8)9)39(34(47)28-29(5)6)37(35)30(43)24-17-13-4/h29H,10-28H2,1-9H3. The SMILES string of the molecule is CCCCCCCC(=O)c1c(C(=O)CCCCCC)c(C(=O)CCCCC)c(C(=O)C(C)(C)C)c(C(=O)CC(C)C)c1C(=O)CCCC. The first kappa shape index (κ1) is 43.3. The minimum absolute atomic E-state index is 0.0386. The summed E-state index contributed by atoms with van der Waals surface area (Å²) in [5.74, 6) is -2.60. The number of hydrogen-bond donors (Lipinski definition) is 0. The number of rotatable bonds is 26. The summed E-state index contributed by atoms with van der Waals surface area (Å²) in [6, 6.07) is 0. The second-order valence-electron chi connectivity index (χ2n) is 15.1. The molecule has 0 aliphatic rings. The summed E-state index contributed by atoms with van der Waals surface area (Å²) in [4.78, 5) is 86.6. The third-order valence-corrected chi connectivity index (χ3v) is 8.93. The van der Waals surface area contributed by atoms with E-state index in [1.54, 1.807) is 20.8 Å². The van der Waals surface area contributed by atoms with Gasteiger partial charge < -0.3 is 0 Å². The molecule has 6 nitrogen and oxygen atoms in total. The zero-order valence-corrected chi connectivity index (χ0v) is 32.0. The van der Waals surface area contributed by atoms with Crippen molar-refractivity contribution < 1.29 is 28.8 Å². The number of Topliss-reactive ketones (excluding diaryl/α,β-unsaturated/α-hetero) is 6. The average molecular weight is 667 g/mol. The fourth-order valence-corrected chi connectivity index (χ4v) is 6.19. The van der Waals surface area contributed by atoms with Crippen LogP contribution in [0.3, 0.4) is 0 Å². The smallest absolute Gasteiger partial charge is 0.169 e. The van der Waals surface area contributed by atoms with E-state index in [1.807, 2.05) is 27.7 Å². The third-order valence-electron chi connectivity index (χ3n) is 8.93. The molecule has 0 aliphatic carbocycles. The van der Waals surface area contributed by atoms with Gasteiger partial charge in [-0.25, -0.2) is 0 Å². The molecule has 0 bridgehead atoms. The van der Waals surface area contributed by atoms with Gasteiger partial charge in [-0.2, -0.15) is 0 Å². The second kappa shape index (κ2) is 22.1. The fraction of sp³-hybridized carbons (Fsp3) is 0.714. The van der Waals surface area contributed by atoms with E-state index in [1.165, 1.54) is 0 Å². The lowest BCUT2D eigenvalue weighted by atomic mass is 9.72. The van der Waals surface area contributed by atoms with Crippen LogP contribution in [0.25, 0.3) is 0 Å². The predicted molar refractivity (Wildman–Crippen MR) is 197 cm³/mol. The van der Waals surface area contributed by atoms with Crippen molar-refractivity contribution in [3.8, 4) is 0 Å². The van der Waals surface area contributed by atoms with Gasteiger partial charge in [-0.3, -0.25) is 28.8 Å². The van der Waals surface area contributed by atoms with Crippen molar-refractivity contribution in [3.05, 3.63) is 33.4 Å². The van der Waals surface area contributed by atoms with E-state index in [0.717, 1.165) is 57.8 Å². The van der Waals surface area contributed by atoms with Crippen LogP contribution in [0.5, 0.6) is 0 Å². The molecule has 0 fully saturated rings. The fourth-order valence-electron chi connectivity index (χ4n) is 6.19. The van der Waals surface area contributed by atoms with Crippen LogP contribution in [0, 0.1) is 11.3 Å². The lowest BCUT2D eigenvalue weighted by molar-refractivity contribution is 0.0837. The molecule has 0 heterocycles. The van der Waals surface area contributed by atoms with Crippen molar-refractivity contribution in [1.29, 1.82) is 0 Å². The molecule has 0 aliphatic heterocycles. The molecule has 0 spiro atoms. The van der Waals surface area contributed by atoms with Gasteiger partial charge >= 0.3 is 0 Å². The molecule has 0 N–H and O–H groups in total. The van der Waals surface area contributed by atoms with E-state index in [-0.39, 0.29) is 77.2 Å². The maximum Gasteiger partial charge on any atom is 0.169 e. The Labute approximate surface area is 292 Å². The monoisotopic (exact) mass is 666 g/mol. The molecule has 0 radical (unpaired) electrons. The quantitative estimate of drug-likeness (QED) is 0.0720. The Morgan fingerprint density at radius 2 is 0.708 bits per heavy atom. The van der Waals surface area contributed by atoms with Gasteiger partial charge in [-0.05, 0) is 31.6 Å². The minimum Gasteiger partial charge on any atom is -0.294 e. The van der Waals surface area contributed by atoms with Gasteiger partial charge in [-0.15, -0.1) is 0 Å². The number of ketones is 6. The van der Waals surface area contributed by atoms with Crippen molar-refractivity contribution in [2.24, 2.45) is 11.3 Å². The molecular weight excluding hydrogens is 600 g/mol. The minimum atomic E-state index is -1.03. The molecule has 48 heavy (non-hydrogen) atoms. The first-order chi connectivity index (χ1) is 22.7. The lowest BCUT2D eigenvalue weighted by Crippen LogP contribution is -2.32. The Hall–Kier alpha value is -2.76. The van der Waals surface area contributed by atoms with Crippen LogP contribution in [0.1, 0.15) is 246 Å². The van der Waals surface area contributed by atoms with Gasteiger partial charge in [-0.1, -0.05) is 127 Å². The molecule has 1 aromatic carbocycles. The van der Waals surface area contributed by atoms with Gasteiger partial charge in [0.05, 0.1) is 0 Å². The second-order valence-corrected chi connectivity index (χ2v) is 15.1. The average Bonchev–Trinajstić information content (AvgIpc) is 3.02. The zero-order valence-electron chi connectivity index (χ0n) is 32.0. The van der Waals surface area contributed by atoms with Crippen LogP contribution < -0.4 is 0 Å². The van der Waals surface area contributed by atoms with Gasteiger partial charge in [0.25, 0.3) is 0 Å². The van der Waals surface area contributed by atoms with E-state index >= 15 is 0 Å². The number of carbonyl (C=O) groups excluding carboxylic acids is 6. The summed E-state index contributed by atoms with van der Waals surface area (Å²) in [5.41, 5.74) is -1.61. The van der Waals surface area contributed by atoms with E-state index < -0.39 is 34.3 Å². The molecule has 0 saturated heterocycles. The van der Waals surface area contributed by atoms with Crippen LogP contribution in [0.4, 0.5) is 0 Å². The number of hydrogen-bond acceptors (Lipinski definition) is 6. The zero-order chi connectivity index (χ0) is 36.4. The van der Waals surface area contributed by atoms with Crippen LogP contribution in [0.2, 0.25) is 0 Å². The molecular formula is C42H66O6. The Kier molecular flexibility index (Phi) is 19.9. The van der Waals surface area contributed by atoms with Gasteiger partial charge in [0.1, 0.15) is 0 Å². The van der Waals surface area contributed by atoms with Crippen molar-refractivity contribution in [2.45, 2.75) is 184 Å². The van der Waals surface area contributed by atoms with Crippen molar-refractivity contribution in [2.75, 3.05) is 0 Å². The third kappa shape index (κ3) is 12.9. The largest absolute Gasteiger partial charge is 0.294 e. The van der Waals surface area contributed by atoms with Crippen LogP contribution in [0.15, 0.2) is 0 Å². The Balaban J connectivity index is 4.53. The summed E-state index contributed by atoms with van der Waals surface area (Å²) in [6.07, 6.45) is 11.6. The van der Waals surface area contributed by atoms with Crippen molar-refractivity contribution in [1.82, 2.24) is 0 Å². The molecule has 0 aromatic heterocycles. The van der Waals surface area contributed by atoms with Crippen LogP contribution in [-0.2, 0) is 0 Å². The summed E-state index contributed by atoms with van der Waals surface area (Å²) in [5, 5.41) is 0. The van der Waals surface area contributed by atoms with E-state index in [9.17, 15) is 28.8 Å². The van der Waals surface area contributed by atoms with Crippen molar-refractivity contribution >= 4 is 34.7 Å². The number of unbranched alkanes of at least 4 members (excludes halogenated alkanes) is 10. The van der Waals surface area contributed by atoms with E-state index in [2.05, 4.69) is 13.8 Å². The number of carbonyl (C=O) groups is 6. The summed E-state index contributed by atoms with van der Waals surface area (Å²) < 4.78 is 0. The predicted octanol–water partition coefficient (Wildman–Crippen LogP) is 12.0. The normalized spacial score (nSPS) is 11.6. The van der Waals surface area contributed by atoms with Gasteiger partial charge in [0.15, 0.2) is 34.7 Å². The molecule has 0 saturated carbocycles. The van der Waals surface area contributed by atoms with Gasteiger partial charge in [0.2, 0.25) is 0 Å². The highest BCUT2D eigenvalue weighted by Crippen LogP contribution is 2.38. The highest BCUT2D eigenvalue weighted by atomic mass is 16.2. The van der Waals surface area contributed by atoms with E-state index in [4.69, 9.17) is 0 Å². The maximum absolute atomic E-state index is 14.5.